The van der Waals surface area contributed by atoms with Crippen molar-refractivity contribution in [3.63, 3.8) is 0 Å². The van der Waals surface area contributed by atoms with Gasteiger partial charge in [0.25, 0.3) is 0 Å². The third kappa shape index (κ3) is 6.85. The Balaban J connectivity index is 1.26. The van der Waals surface area contributed by atoms with Crippen LogP contribution in [0.3, 0.4) is 0 Å². The van der Waals surface area contributed by atoms with Crippen molar-refractivity contribution in [3.05, 3.63) is 137 Å². The van der Waals surface area contributed by atoms with Crippen molar-refractivity contribution in [3.8, 4) is 5.69 Å². The first-order valence-electron chi connectivity index (χ1n) is 15.2. The van der Waals surface area contributed by atoms with Crippen molar-refractivity contribution in [2.45, 2.75) is 32.9 Å². The summed E-state index contributed by atoms with van der Waals surface area (Å²) >= 11 is 0. The predicted molar refractivity (Wildman–Crippen MR) is 171 cm³/mol. The second-order valence-corrected chi connectivity index (χ2v) is 11.4. The number of aromatic nitrogens is 4. The summed E-state index contributed by atoms with van der Waals surface area (Å²) in [5, 5.41) is 13.5. The van der Waals surface area contributed by atoms with Gasteiger partial charge in [0, 0.05) is 38.6 Å². The third-order valence-corrected chi connectivity index (χ3v) is 8.46. The van der Waals surface area contributed by atoms with Gasteiger partial charge >= 0.3 is 0 Å². The van der Waals surface area contributed by atoms with E-state index in [1.165, 1.54) is 5.56 Å². The zero-order valence-electron chi connectivity index (χ0n) is 25.1. The molecule has 1 saturated heterocycles. The first kappa shape index (κ1) is 28.8. The van der Waals surface area contributed by atoms with Gasteiger partial charge in [-0.05, 0) is 59.0 Å². The number of aryl methyl sites for hydroxylation is 2. The SMILES string of the molecule is Cc1cccc(C)c1-n1nnnc1[C@H](C1CC=CC=C1OCc1ccccc1)N1CCN(C/C=C/c2ccccc2)CC1. The molecule has 3 aromatic carbocycles. The summed E-state index contributed by atoms with van der Waals surface area (Å²) in [7, 11) is 0. The maximum Gasteiger partial charge on any atom is 0.174 e. The molecule has 43 heavy (non-hydrogen) atoms. The maximum atomic E-state index is 6.55. The summed E-state index contributed by atoms with van der Waals surface area (Å²) in [6.07, 6.45) is 11.8. The Hall–Kier alpha value is -4.33. The van der Waals surface area contributed by atoms with E-state index in [1.807, 2.05) is 10.7 Å². The van der Waals surface area contributed by atoms with Crippen LogP contribution in [0.4, 0.5) is 0 Å². The molecule has 0 amide bonds. The van der Waals surface area contributed by atoms with Gasteiger partial charge in [0.05, 0.1) is 11.7 Å². The second kappa shape index (κ2) is 13.8. The topological polar surface area (TPSA) is 59.3 Å². The molecule has 4 aromatic rings. The molecule has 0 bridgehead atoms. The van der Waals surface area contributed by atoms with Gasteiger partial charge in [-0.25, -0.2) is 0 Å². The summed E-state index contributed by atoms with van der Waals surface area (Å²) in [6.45, 7) is 9.54. The molecule has 2 aliphatic rings. The van der Waals surface area contributed by atoms with Gasteiger partial charge in [-0.1, -0.05) is 103 Å². The smallest absolute Gasteiger partial charge is 0.174 e. The summed E-state index contributed by atoms with van der Waals surface area (Å²) in [5.41, 5.74) is 5.76. The highest BCUT2D eigenvalue weighted by molar-refractivity contribution is 5.49. The first-order valence-corrected chi connectivity index (χ1v) is 15.2. The molecule has 7 nitrogen and oxygen atoms in total. The number of para-hydroxylation sites is 1. The number of piperazine rings is 1. The van der Waals surface area contributed by atoms with Crippen LogP contribution in [0.1, 0.15) is 40.5 Å². The molecule has 0 spiro atoms. The van der Waals surface area contributed by atoms with E-state index in [1.54, 1.807) is 0 Å². The van der Waals surface area contributed by atoms with Crippen LogP contribution in [0, 0.1) is 19.8 Å². The molecule has 1 fully saturated rings. The number of allylic oxidation sites excluding steroid dienone is 3. The summed E-state index contributed by atoms with van der Waals surface area (Å²) in [6, 6.07) is 27.2. The van der Waals surface area contributed by atoms with E-state index in [0.29, 0.717) is 6.61 Å². The summed E-state index contributed by atoms with van der Waals surface area (Å²) in [5.74, 6) is 1.94. The van der Waals surface area contributed by atoms with Crippen LogP contribution in [-0.2, 0) is 11.3 Å². The number of nitrogens with zero attached hydrogens (tertiary/aromatic N) is 6. The van der Waals surface area contributed by atoms with Gasteiger partial charge in [-0.15, -0.1) is 5.10 Å². The monoisotopic (exact) mass is 572 g/mol. The van der Waals surface area contributed by atoms with Gasteiger partial charge in [-0.3, -0.25) is 9.80 Å². The molecule has 2 heterocycles. The lowest BCUT2D eigenvalue weighted by Crippen LogP contribution is -2.49. The molecule has 0 saturated carbocycles. The largest absolute Gasteiger partial charge is 0.493 e. The van der Waals surface area contributed by atoms with Crippen LogP contribution < -0.4 is 0 Å². The van der Waals surface area contributed by atoms with E-state index in [2.05, 4.69) is 137 Å². The van der Waals surface area contributed by atoms with Gasteiger partial charge in [-0.2, -0.15) is 4.68 Å². The average Bonchev–Trinajstić information content (AvgIpc) is 3.51. The average molecular weight is 573 g/mol. The highest BCUT2D eigenvalue weighted by atomic mass is 16.5. The lowest BCUT2D eigenvalue weighted by Gasteiger charge is -2.42. The van der Waals surface area contributed by atoms with Crippen molar-refractivity contribution in [2.24, 2.45) is 5.92 Å². The minimum atomic E-state index is -0.0389. The van der Waals surface area contributed by atoms with Crippen LogP contribution in [0.2, 0.25) is 0 Å². The number of hydrogen-bond acceptors (Lipinski definition) is 6. The van der Waals surface area contributed by atoms with Gasteiger partial charge in [0.15, 0.2) is 5.82 Å². The van der Waals surface area contributed by atoms with Gasteiger partial charge < -0.3 is 4.74 Å². The van der Waals surface area contributed by atoms with Crippen LogP contribution in [0.5, 0.6) is 0 Å². The van der Waals surface area contributed by atoms with Crippen molar-refractivity contribution >= 4 is 6.08 Å². The molecule has 1 aliphatic carbocycles. The molecule has 0 radical (unpaired) electrons. The van der Waals surface area contributed by atoms with E-state index in [4.69, 9.17) is 9.84 Å². The van der Waals surface area contributed by atoms with Crippen LogP contribution in [-0.4, -0.2) is 62.7 Å². The van der Waals surface area contributed by atoms with E-state index >= 15 is 0 Å². The molecule has 1 unspecified atom stereocenters. The summed E-state index contributed by atoms with van der Waals surface area (Å²) < 4.78 is 8.52. The van der Waals surface area contributed by atoms with Crippen molar-refractivity contribution < 1.29 is 4.74 Å². The molecular weight excluding hydrogens is 532 g/mol. The van der Waals surface area contributed by atoms with Crippen LogP contribution in [0.25, 0.3) is 11.8 Å². The zero-order valence-corrected chi connectivity index (χ0v) is 25.1. The Labute approximate surface area is 254 Å². The minimum absolute atomic E-state index is 0.0389. The van der Waals surface area contributed by atoms with E-state index in [-0.39, 0.29) is 12.0 Å². The Morgan fingerprint density at radius 2 is 1.60 bits per heavy atom. The normalized spacial score (nSPS) is 18.6. The molecule has 0 N–H and O–H groups in total. The highest BCUT2D eigenvalue weighted by Gasteiger charge is 2.38. The molecule has 1 aromatic heterocycles. The Morgan fingerprint density at radius 1 is 0.884 bits per heavy atom. The third-order valence-electron chi connectivity index (χ3n) is 8.46. The second-order valence-electron chi connectivity index (χ2n) is 11.4. The number of benzene rings is 3. The number of hydrogen-bond donors (Lipinski definition) is 0. The molecule has 2 atom stereocenters. The lowest BCUT2D eigenvalue weighted by molar-refractivity contribution is 0.0520. The van der Waals surface area contributed by atoms with E-state index < -0.39 is 0 Å². The lowest BCUT2D eigenvalue weighted by atomic mass is 9.88. The van der Waals surface area contributed by atoms with Crippen molar-refractivity contribution in [1.82, 2.24) is 30.0 Å². The quantitative estimate of drug-likeness (QED) is 0.221. The number of rotatable bonds is 10. The minimum Gasteiger partial charge on any atom is -0.493 e. The molecular formula is C36H40N6O. The summed E-state index contributed by atoms with van der Waals surface area (Å²) in [4.78, 5) is 5.08. The molecule has 6 rings (SSSR count). The number of ether oxygens (including phenoxy) is 1. The van der Waals surface area contributed by atoms with Gasteiger partial charge in [0.2, 0.25) is 0 Å². The van der Waals surface area contributed by atoms with Crippen molar-refractivity contribution in [1.29, 1.82) is 0 Å². The fourth-order valence-corrected chi connectivity index (χ4v) is 6.21. The fourth-order valence-electron chi connectivity index (χ4n) is 6.21. The molecule has 220 valence electrons. The van der Waals surface area contributed by atoms with Crippen LogP contribution >= 0.6 is 0 Å². The standard InChI is InChI=1S/C36H40N6O/c1-28-13-11-14-29(2)34(28)42-36(37-38-39-42)35(32-20-9-10-21-33(32)43-27-31-17-7-4-8-18-31)41-25-23-40(24-26-41)22-12-19-30-15-5-3-6-16-30/h3-19,21,32,35H,20,22-27H2,1-2H3/b19-12+/t32?,35-/m0/s1. The molecule has 7 heteroatoms. The molecule has 1 aliphatic heterocycles. The Kier molecular flexibility index (Phi) is 9.21. The highest BCUT2D eigenvalue weighted by Crippen LogP contribution is 2.39. The van der Waals surface area contributed by atoms with E-state index in [9.17, 15) is 0 Å². The first-order chi connectivity index (χ1) is 21.2. The zero-order chi connectivity index (χ0) is 29.4. The Bertz CT molecular complexity index is 1550. The Morgan fingerprint density at radius 3 is 2.35 bits per heavy atom. The van der Waals surface area contributed by atoms with Crippen LogP contribution in [0.15, 0.2) is 109 Å². The van der Waals surface area contributed by atoms with E-state index in [0.717, 1.165) is 73.1 Å². The fraction of sp³-hybridized carbons (Fsp3) is 0.306. The number of tetrazole rings is 1. The van der Waals surface area contributed by atoms with Crippen molar-refractivity contribution in [2.75, 3.05) is 32.7 Å². The predicted octanol–water partition coefficient (Wildman–Crippen LogP) is 6.33. The van der Waals surface area contributed by atoms with Gasteiger partial charge in [0.1, 0.15) is 12.4 Å². The maximum absolute atomic E-state index is 6.55.